The van der Waals surface area contributed by atoms with Crippen molar-refractivity contribution in [1.29, 1.82) is 5.26 Å². The lowest BCUT2D eigenvalue weighted by atomic mass is 9.73. The number of anilines is 1. The quantitative estimate of drug-likeness (QED) is 0.425. The summed E-state index contributed by atoms with van der Waals surface area (Å²) >= 11 is 1.33. The van der Waals surface area contributed by atoms with Crippen LogP contribution in [0.1, 0.15) is 39.2 Å². The van der Waals surface area contributed by atoms with Crippen LogP contribution >= 0.6 is 11.3 Å². The standard InChI is InChI=1S/C28H29N3O5S/c1-33-27(32)25-17-23(19-37-25)28(21-7-12-34-13-8-21,36-26-4-2-3-9-30-26)22-6-5-20(18-29)24(16-22)31-10-14-35-15-11-31/h2-6,9,16-17,19,21H,7-8,10-15H2,1H3. The van der Waals surface area contributed by atoms with Crippen LogP contribution in [0, 0.1) is 17.2 Å². The number of rotatable bonds is 7. The Balaban J connectivity index is 1.72. The van der Waals surface area contributed by atoms with Gasteiger partial charge in [-0.3, -0.25) is 0 Å². The summed E-state index contributed by atoms with van der Waals surface area (Å²) in [5.41, 5.74) is 2.25. The fourth-order valence-corrected chi connectivity index (χ4v) is 6.05. The van der Waals surface area contributed by atoms with Gasteiger partial charge >= 0.3 is 5.97 Å². The van der Waals surface area contributed by atoms with Crippen LogP contribution in [0.4, 0.5) is 5.69 Å². The SMILES string of the molecule is COC(=O)c1cc(C(Oc2ccccn2)(c2ccc(C#N)c(N3CCOCC3)c2)C2CCOCC2)cs1. The molecule has 2 aliphatic rings. The van der Waals surface area contributed by atoms with Crippen LogP contribution in [0.5, 0.6) is 5.88 Å². The topological polar surface area (TPSA) is 93.9 Å². The molecule has 0 spiro atoms. The molecule has 0 aliphatic carbocycles. The number of thiophene rings is 1. The average Bonchev–Trinajstić information content (AvgIpc) is 3.47. The van der Waals surface area contributed by atoms with Crippen molar-refractivity contribution in [3.05, 3.63) is 75.6 Å². The van der Waals surface area contributed by atoms with Crippen molar-refractivity contribution in [2.75, 3.05) is 51.5 Å². The molecule has 0 N–H and O–H groups in total. The third kappa shape index (κ3) is 5.05. The maximum Gasteiger partial charge on any atom is 0.348 e. The van der Waals surface area contributed by atoms with E-state index in [1.807, 2.05) is 41.8 Å². The van der Waals surface area contributed by atoms with Crippen LogP contribution < -0.4 is 9.64 Å². The summed E-state index contributed by atoms with van der Waals surface area (Å²) in [6, 6.07) is 15.7. The first-order valence-corrected chi connectivity index (χ1v) is 13.3. The van der Waals surface area contributed by atoms with Gasteiger partial charge in [0.05, 0.1) is 31.6 Å². The number of nitrogens with zero attached hydrogens (tertiary/aromatic N) is 3. The number of benzene rings is 1. The Morgan fingerprint density at radius 1 is 1.11 bits per heavy atom. The Kier molecular flexibility index (Phi) is 7.70. The maximum absolute atomic E-state index is 12.4. The first kappa shape index (κ1) is 25.2. The third-order valence-electron chi connectivity index (χ3n) is 7.01. The summed E-state index contributed by atoms with van der Waals surface area (Å²) < 4.78 is 23.2. The molecule has 0 bridgehead atoms. The van der Waals surface area contributed by atoms with Crippen molar-refractivity contribution in [1.82, 2.24) is 4.98 Å². The van der Waals surface area contributed by atoms with E-state index in [4.69, 9.17) is 18.9 Å². The van der Waals surface area contributed by atoms with E-state index < -0.39 is 5.60 Å². The number of pyridine rings is 1. The molecule has 9 heteroatoms. The predicted octanol–water partition coefficient (Wildman–Crippen LogP) is 4.39. The van der Waals surface area contributed by atoms with Gasteiger partial charge < -0.3 is 23.8 Å². The Labute approximate surface area is 220 Å². The van der Waals surface area contributed by atoms with Gasteiger partial charge in [-0.05, 0) is 42.5 Å². The van der Waals surface area contributed by atoms with Crippen molar-refractivity contribution in [3.63, 3.8) is 0 Å². The number of hydrogen-bond acceptors (Lipinski definition) is 9. The number of hydrogen-bond donors (Lipinski definition) is 0. The summed E-state index contributed by atoms with van der Waals surface area (Å²) in [5.74, 6) is 0.134. The van der Waals surface area contributed by atoms with E-state index in [9.17, 15) is 10.1 Å². The summed E-state index contributed by atoms with van der Waals surface area (Å²) in [5, 5.41) is 11.9. The smallest absolute Gasteiger partial charge is 0.348 e. The molecule has 2 saturated heterocycles. The van der Waals surface area contributed by atoms with Crippen LogP contribution in [0.25, 0.3) is 0 Å². The molecule has 1 atom stereocenters. The monoisotopic (exact) mass is 519 g/mol. The summed E-state index contributed by atoms with van der Waals surface area (Å²) in [6.45, 7) is 3.84. The average molecular weight is 520 g/mol. The van der Waals surface area contributed by atoms with Crippen LogP contribution in [-0.4, -0.2) is 57.6 Å². The zero-order valence-corrected chi connectivity index (χ0v) is 21.5. The van der Waals surface area contributed by atoms with E-state index in [0.717, 1.165) is 29.7 Å². The van der Waals surface area contributed by atoms with Crippen LogP contribution in [0.3, 0.4) is 0 Å². The molecule has 0 saturated carbocycles. The van der Waals surface area contributed by atoms with Gasteiger partial charge in [-0.1, -0.05) is 12.1 Å². The molecule has 2 aromatic heterocycles. The third-order valence-corrected chi connectivity index (χ3v) is 7.92. The fourth-order valence-electron chi connectivity index (χ4n) is 5.18. The van der Waals surface area contributed by atoms with E-state index in [2.05, 4.69) is 22.0 Å². The molecule has 37 heavy (non-hydrogen) atoms. The molecular weight excluding hydrogens is 490 g/mol. The highest BCUT2D eigenvalue weighted by Crippen LogP contribution is 2.47. The van der Waals surface area contributed by atoms with E-state index in [-0.39, 0.29) is 11.9 Å². The van der Waals surface area contributed by atoms with E-state index in [0.29, 0.717) is 55.8 Å². The second-order valence-electron chi connectivity index (χ2n) is 9.03. The van der Waals surface area contributed by atoms with Crippen LogP contribution in [0.2, 0.25) is 0 Å². The lowest BCUT2D eigenvalue weighted by Gasteiger charge is -2.43. The minimum atomic E-state index is -0.962. The van der Waals surface area contributed by atoms with Crippen molar-refractivity contribution < 1.29 is 23.7 Å². The second-order valence-corrected chi connectivity index (χ2v) is 9.94. The van der Waals surface area contributed by atoms with E-state index in [1.54, 1.807) is 6.20 Å². The van der Waals surface area contributed by atoms with Gasteiger partial charge in [0.25, 0.3) is 0 Å². The molecule has 1 unspecified atom stereocenters. The summed E-state index contributed by atoms with van der Waals surface area (Å²) in [6.07, 6.45) is 3.24. The van der Waals surface area contributed by atoms with Gasteiger partial charge in [-0.15, -0.1) is 11.3 Å². The van der Waals surface area contributed by atoms with Crippen molar-refractivity contribution in [3.8, 4) is 11.9 Å². The molecule has 2 fully saturated rings. The van der Waals surface area contributed by atoms with Gasteiger partial charge in [0.15, 0.2) is 5.60 Å². The Morgan fingerprint density at radius 3 is 2.59 bits per heavy atom. The highest BCUT2D eigenvalue weighted by Gasteiger charge is 2.47. The molecule has 0 amide bonds. The molecule has 2 aliphatic heterocycles. The van der Waals surface area contributed by atoms with Gasteiger partial charge in [0, 0.05) is 55.6 Å². The number of morpholine rings is 1. The lowest BCUT2D eigenvalue weighted by Crippen LogP contribution is -2.45. The minimum absolute atomic E-state index is 0.0360. The summed E-state index contributed by atoms with van der Waals surface area (Å²) in [4.78, 5) is 19.6. The Morgan fingerprint density at radius 2 is 1.89 bits per heavy atom. The molecule has 5 rings (SSSR count). The minimum Gasteiger partial charge on any atom is -0.465 e. The Bertz CT molecular complexity index is 1260. The molecular formula is C28H29N3O5S. The maximum atomic E-state index is 12.4. The van der Waals surface area contributed by atoms with E-state index >= 15 is 0 Å². The zero-order valence-electron chi connectivity index (χ0n) is 20.7. The molecule has 3 aromatic rings. The highest BCUT2D eigenvalue weighted by molar-refractivity contribution is 7.12. The van der Waals surface area contributed by atoms with Crippen molar-refractivity contribution in [2.24, 2.45) is 5.92 Å². The number of carbonyl (C=O) groups is 1. The molecule has 192 valence electrons. The molecule has 8 nitrogen and oxygen atoms in total. The lowest BCUT2D eigenvalue weighted by molar-refractivity contribution is -0.0290. The van der Waals surface area contributed by atoms with Gasteiger partial charge in [-0.25, -0.2) is 9.78 Å². The summed E-state index contributed by atoms with van der Waals surface area (Å²) in [7, 11) is 1.38. The van der Waals surface area contributed by atoms with Crippen LogP contribution in [-0.2, 0) is 19.8 Å². The Hall–Kier alpha value is -3.45. The predicted molar refractivity (Wildman–Crippen MR) is 139 cm³/mol. The van der Waals surface area contributed by atoms with E-state index in [1.165, 1.54) is 18.4 Å². The van der Waals surface area contributed by atoms with Crippen LogP contribution in [0.15, 0.2) is 54.0 Å². The number of nitriles is 1. The first-order valence-electron chi connectivity index (χ1n) is 12.4. The number of ether oxygens (including phenoxy) is 4. The van der Waals surface area contributed by atoms with Crippen molar-refractivity contribution in [2.45, 2.75) is 18.4 Å². The molecule has 1 aromatic carbocycles. The molecule has 4 heterocycles. The normalized spacial score (nSPS) is 18.0. The number of carbonyl (C=O) groups excluding carboxylic acids is 1. The largest absolute Gasteiger partial charge is 0.465 e. The second kappa shape index (κ2) is 11.3. The fraction of sp³-hybridized carbons (Fsp3) is 0.393. The highest BCUT2D eigenvalue weighted by atomic mass is 32.1. The van der Waals surface area contributed by atoms with Crippen molar-refractivity contribution >= 4 is 23.0 Å². The molecule has 0 radical (unpaired) electrons. The number of esters is 1. The van der Waals surface area contributed by atoms with Gasteiger partial charge in [0.1, 0.15) is 10.9 Å². The van der Waals surface area contributed by atoms with Gasteiger partial charge in [0.2, 0.25) is 5.88 Å². The zero-order chi connectivity index (χ0) is 25.7. The first-order chi connectivity index (χ1) is 18.2. The van der Waals surface area contributed by atoms with Gasteiger partial charge in [-0.2, -0.15) is 5.26 Å². The number of aromatic nitrogens is 1. The number of methoxy groups -OCH3 is 1.